The Morgan fingerprint density at radius 1 is 1.07 bits per heavy atom. The minimum atomic E-state index is -3.91. The number of hydrogen-bond donors (Lipinski definition) is 0. The molecule has 0 N–H and O–H groups in total. The SMILES string of the molecule is Cc1cc(C(=O)N2CCN(S(=O)(=O)c3ccccc3F)CC2)c(C)n1C(C)C. The van der Waals surface area contributed by atoms with Crippen LogP contribution in [0.15, 0.2) is 35.2 Å². The van der Waals surface area contributed by atoms with Gasteiger partial charge in [0.2, 0.25) is 10.0 Å². The molecule has 0 saturated carbocycles. The molecule has 0 bridgehead atoms. The lowest BCUT2D eigenvalue weighted by atomic mass is 10.2. The summed E-state index contributed by atoms with van der Waals surface area (Å²) in [4.78, 5) is 14.3. The Hall–Kier alpha value is -2.19. The first-order valence-corrected chi connectivity index (χ1v) is 10.8. The largest absolute Gasteiger partial charge is 0.346 e. The number of rotatable bonds is 4. The number of aryl methyl sites for hydroxylation is 1. The number of halogens is 1. The van der Waals surface area contributed by atoms with Crippen molar-refractivity contribution in [1.82, 2.24) is 13.8 Å². The zero-order valence-corrected chi connectivity index (χ0v) is 17.5. The highest BCUT2D eigenvalue weighted by Crippen LogP contribution is 2.24. The highest BCUT2D eigenvalue weighted by atomic mass is 32.2. The summed E-state index contributed by atoms with van der Waals surface area (Å²) in [7, 11) is -3.91. The Bertz CT molecular complexity index is 990. The fourth-order valence-corrected chi connectivity index (χ4v) is 5.37. The third-order valence-electron chi connectivity index (χ3n) is 5.21. The second-order valence-corrected chi connectivity index (χ2v) is 9.28. The molecule has 2 heterocycles. The van der Waals surface area contributed by atoms with Crippen molar-refractivity contribution >= 4 is 15.9 Å². The van der Waals surface area contributed by atoms with Crippen molar-refractivity contribution in [3.63, 3.8) is 0 Å². The van der Waals surface area contributed by atoms with Crippen LogP contribution < -0.4 is 0 Å². The maximum absolute atomic E-state index is 13.9. The fraction of sp³-hybridized carbons (Fsp3) is 0.450. The van der Waals surface area contributed by atoms with Gasteiger partial charge in [0.15, 0.2) is 0 Å². The summed E-state index contributed by atoms with van der Waals surface area (Å²) in [5, 5.41) is 0. The molecule has 1 fully saturated rings. The molecule has 1 aromatic heterocycles. The predicted molar refractivity (Wildman–Crippen MR) is 105 cm³/mol. The molecule has 1 amide bonds. The standard InChI is InChI=1S/C20H26FN3O3S/c1-14(2)24-15(3)13-17(16(24)4)20(25)22-9-11-23(12-10-22)28(26,27)19-8-6-5-7-18(19)21/h5-8,13-14H,9-12H2,1-4H3. The molecule has 8 heteroatoms. The maximum Gasteiger partial charge on any atom is 0.255 e. The van der Waals surface area contributed by atoms with Crippen LogP contribution in [0, 0.1) is 19.7 Å². The summed E-state index contributed by atoms with van der Waals surface area (Å²) in [6.45, 7) is 8.88. The molecule has 3 rings (SSSR count). The zero-order chi connectivity index (χ0) is 20.6. The van der Waals surface area contributed by atoms with Crippen LogP contribution in [0.1, 0.15) is 41.6 Å². The summed E-state index contributed by atoms with van der Waals surface area (Å²) in [6.07, 6.45) is 0. The quantitative estimate of drug-likeness (QED) is 0.783. The van der Waals surface area contributed by atoms with Crippen molar-refractivity contribution in [3.05, 3.63) is 53.1 Å². The predicted octanol–water partition coefficient (Wildman–Crippen LogP) is 2.97. The molecule has 6 nitrogen and oxygen atoms in total. The van der Waals surface area contributed by atoms with Crippen LogP contribution >= 0.6 is 0 Å². The molecule has 152 valence electrons. The van der Waals surface area contributed by atoms with Gasteiger partial charge in [-0.15, -0.1) is 0 Å². The maximum atomic E-state index is 13.9. The van der Waals surface area contributed by atoms with E-state index in [0.29, 0.717) is 5.56 Å². The van der Waals surface area contributed by atoms with E-state index in [2.05, 4.69) is 18.4 Å². The molecule has 0 unspecified atom stereocenters. The number of nitrogens with zero attached hydrogens (tertiary/aromatic N) is 3. The van der Waals surface area contributed by atoms with Crippen LogP contribution in [-0.4, -0.2) is 54.3 Å². The molecule has 0 aliphatic carbocycles. The van der Waals surface area contributed by atoms with E-state index in [-0.39, 0.29) is 43.0 Å². The van der Waals surface area contributed by atoms with Gasteiger partial charge in [-0.2, -0.15) is 4.31 Å². The highest BCUT2D eigenvalue weighted by Gasteiger charge is 2.32. The highest BCUT2D eigenvalue weighted by molar-refractivity contribution is 7.89. The second kappa shape index (κ2) is 7.67. The molecule has 0 radical (unpaired) electrons. The lowest BCUT2D eigenvalue weighted by molar-refractivity contribution is 0.0697. The van der Waals surface area contributed by atoms with Crippen molar-refractivity contribution < 1.29 is 17.6 Å². The van der Waals surface area contributed by atoms with Crippen LogP contribution in [0.2, 0.25) is 0 Å². The van der Waals surface area contributed by atoms with E-state index in [9.17, 15) is 17.6 Å². The first-order chi connectivity index (χ1) is 13.1. The fourth-order valence-electron chi connectivity index (χ4n) is 3.88. The second-order valence-electron chi connectivity index (χ2n) is 7.38. The number of piperazine rings is 1. The molecule has 0 spiro atoms. The van der Waals surface area contributed by atoms with Crippen molar-refractivity contribution in [2.45, 2.75) is 38.6 Å². The van der Waals surface area contributed by atoms with Crippen molar-refractivity contribution in [3.8, 4) is 0 Å². The number of amides is 1. The van der Waals surface area contributed by atoms with E-state index in [4.69, 9.17) is 0 Å². The summed E-state index contributed by atoms with van der Waals surface area (Å²) in [5.41, 5.74) is 2.59. The first-order valence-electron chi connectivity index (χ1n) is 9.37. The molecule has 1 saturated heterocycles. The molecular formula is C20H26FN3O3S. The summed E-state index contributed by atoms with van der Waals surface area (Å²) in [6, 6.07) is 7.50. The van der Waals surface area contributed by atoms with Gasteiger partial charge in [0, 0.05) is 43.6 Å². The van der Waals surface area contributed by atoms with E-state index in [1.165, 1.54) is 22.5 Å². The van der Waals surface area contributed by atoms with Gasteiger partial charge in [0.25, 0.3) is 5.91 Å². The topological polar surface area (TPSA) is 62.6 Å². The summed E-state index contributed by atoms with van der Waals surface area (Å²) >= 11 is 0. The molecule has 2 aromatic rings. The monoisotopic (exact) mass is 407 g/mol. The Balaban J connectivity index is 1.75. The first kappa shape index (κ1) is 20.5. The van der Waals surface area contributed by atoms with E-state index in [1.807, 2.05) is 19.9 Å². The number of hydrogen-bond acceptors (Lipinski definition) is 3. The van der Waals surface area contributed by atoms with E-state index in [1.54, 1.807) is 4.90 Å². The molecule has 1 aromatic carbocycles. The average Bonchev–Trinajstić information content (AvgIpc) is 2.95. The lowest BCUT2D eigenvalue weighted by Gasteiger charge is -2.34. The van der Waals surface area contributed by atoms with Gasteiger partial charge in [-0.1, -0.05) is 12.1 Å². The molecule has 0 atom stereocenters. The number of carbonyl (C=O) groups is 1. The number of aromatic nitrogens is 1. The Kier molecular flexibility index (Phi) is 5.63. The van der Waals surface area contributed by atoms with Crippen LogP contribution in [0.4, 0.5) is 4.39 Å². The average molecular weight is 408 g/mol. The van der Waals surface area contributed by atoms with Crippen LogP contribution in [-0.2, 0) is 10.0 Å². The smallest absolute Gasteiger partial charge is 0.255 e. The third kappa shape index (κ3) is 3.58. The van der Waals surface area contributed by atoms with E-state index >= 15 is 0 Å². The number of carbonyl (C=O) groups excluding carboxylic acids is 1. The number of sulfonamides is 1. The molecule has 1 aliphatic rings. The minimum Gasteiger partial charge on any atom is -0.346 e. The summed E-state index contributed by atoms with van der Waals surface area (Å²) in [5.74, 6) is -0.856. The Morgan fingerprint density at radius 3 is 2.21 bits per heavy atom. The van der Waals surface area contributed by atoms with Gasteiger partial charge in [0.05, 0.1) is 5.56 Å². The zero-order valence-electron chi connectivity index (χ0n) is 16.6. The van der Waals surface area contributed by atoms with Gasteiger partial charge in [0.1, 0.15) is 10.7 Å². The van der Waals surface area contributed by atoms with Gasteiger partial charge in [-0.05, 0) is 45.9 Å². The van der Waals surface area contributed by atoms with Crippen LogP contribution in [0.25, 0.3) is 0 Å². The third-order valence-corrected chi connectivity index (χ3v) is 7.14. The number of benzene rings is 1. The normalized spacial score (nSPS) is 16.0. The molecule has 28 heavy (non-hydrogen) atoms. The Labute approximate surface area is 165 Å². The minimum absolute atomic E-state index is 0.0945. The van der Waals surface area contributed by atoms with E-state index < -0.39 is 15.8 Å². The van der Waals surface area contributed by atoms with Crippen molar-refractivity contribution in [2.24, 2.45) is 0 Å². The van der Waals surface area contributed by atoms with Crippen molar-refractivity contribution in [1.29, 1.82) is 0 Å². The lowest BCUT2D eigenvalue weighted by Crippen LogP contribution is -2.50. The van der Waals surface area contributed by atoms with Gasteiger partial charge in [-0.3, -0.25) is 4.79 Å². The van der Waals surface area contributed by atoms with Gasteiger partial charge in [-0.25, -0.2) is 12.8 Å². The summed E-state index contributed by atoms with van der Waals surface area (Å²) < 4.78 is 42.7. The molecule has 1 aliphatic heterocycles. The van der Waals surface area contributed by atoms with E-state index in [0.717, 1.165) is 17.5 Å². The van der Waals surface area contributed by atoms with Crippen molar-refractivity contribution in [2.75, 3.05) is 26.2 Å². The van der Waals surface area contributed by atoms with Crippen LogP contribution in [0.5, 0.6) is 0 Å². The van der Waals surface area contributed by atoms with Crippen LogP contribution in [0.3, 0.4) is 0 Å². The van der Waals surface area contributed by atoms with Gasteiger partial charge >= 0.3 is 0 Å². The van der Waals surface area contributed by atoms with Gasteiger partial charge < -0.3 is 9.47 Å². The molecular weight excluding hydrogens is 381 g/mol. The Morgan fingerprint density at radius 2 is 1.68 bits per heavy atom.